The second kappa shape index (κ2) is 12.4. The van der Waals surface area contributed by atoms with Crippen molar-refractivity contribution >= 4 is 33.0 Å². The highest BCUT2D eigenvalue weighted by atomic mass is 32.1. The number of halogens is 4. The molecule has 0 spiro atoms. The van der Waals surface area contributed by atoms with Crippen LogP contribution in [0.3, 0.4) is 0 Å². The van der Waals surface area contributed by atoms with Gasteiger partial charge >= 0.3 is 6.36 Å². The number of thiazole rings is 1. The third-order valence-electron chi connectivity index (χ3n) is 8.17. The molecular weight excluding hydrogens is 602 g/mol. The van der Waals surface area contributed by atoms with Crippen LogP contribution in [0, 0.1) is 17.7 Å². The van der Waals surface area contributed by atoms with Gasteiger partial charge in [-0.2, -0.15) is 0 Å². The van der Waals surface area contributed by atoms with Crippen LogP contribution >= 0.6 is 11.3 Å². The number of carbonyl (C=O) groups is 1. The van der Waals surface area contributed by atoms with Gasteiger partial charge in [-0.25, -0.2) is 9.37 Å². The molecule has 2 saturated carbocycles. The molecule has 8 nitrogen and oxygen atoms in total. The van der Waals surface area contributed by atoms with E-state index < -0.39 is 12.2 Å². The van der Waals surface area contributed by atoms with Crippen molar-refractivity contribution in [1.29, 1.82) is 0 Å². The number of aldehydes is 1. The van der Waals surface area contributed by atoms with Gasteiger partial charge in [0.25, 0.3) is 0 Å². The highest BCUT2D eigenvalue weighted by Gasteiger charge is 2.43. The van der Waals surface area contributed by atoms with Crippen molar-refractivity contribution in [3.63, 3.8) is 0 Å². The lowest BCUT2D eigenvalue weighted by Crippen LogP contribution is -2.23. The maximum absolute atomic E-state index is 14.4. The minimum atomic E-state index is -4.83. The SMILES string of the molecule is COC.O=Cc1cc(F)c2nc(N3C[C@H]4CC(OCc5c(-c6ccccc6OC(F)(F)F)noc5C5CC5)C[C@H]4C3)sc2c1. The van der Waals surface area contributed by atoms with E-state index in [0.717, 1.165) is 43.9 Å². The molecule has 0 bridgehead atoms. The molecule has 0 N–H and O–H groups in total. The van der Waals surface area contributed by atoms with Crippen molar-refractivity contribution in [2.24, 2.45) is 11.8 Å². The van der Waals surface area contributed by atoms with Crippen LogP contribution < -0.4 is 9.64 Å². The molecule has 7 rings (SSSR count). The lowest BCUT2D eigenvalue weighted by atomic mass is 10.0. The molecule has 1 aliphatic heterocycles. The number of methoxy groups -OCH3 is 1. The summed E-state index contributed by atoms with van der Waals surface area (Å²) < 4.78 is 74.8. The standard InChI is InChI=1S/C29H25F4N3O4S.C2H6O/c30-22-7-15(13-37)8-24-26(22)34-28(41-24)36-11-17-9-19(10-18(17)12-36)38-14-21-25(35-40-27(21)16-5-6-16)20-3-1-2-4-23(20)39-29(31,32)33;1-3-2/h1-4,7-8,13,16-19H,5-6,9-12,14H2;1-2H3/t17-,18+,19?;. The number of hydrogen-bond donors (Lipinski definition) is 0. The smallest absolute Gasteiger partial charge is 0.405 e. The van der Waals surface area contributed by atoms with Gasteiger partial charge in [-0.1, -0.05) is 28.6 Å². The summed E-state index contributed by atoms with van der Waals surface area (Å²) in [5.74, 6) is 0.812. The quantitative estimate of drug-likeness (QED) is 0.147. The summed E-state index contributed by atoms with van der Waals surface area (Å²) in [4.78, 5) is 17.8. The number of rotatable bonds is 8. The van der Waals surface area contributed by atoms with Crippen LogP contribution in [0.25, 0.3) is 21.5 Å². The largest absolute Gasteiger partial charge is 0.573 e. The maximum atomic E-state index is 14.4. The fourth-order valence-corrected chi connectivity index (χ4v) is 7.20. The van der Waals surface area contributed by atoms with Crippen LogP contribution in [0.5, 0.6) is 5.75 Å². The molecule has 44 heavy (non-hydrogen) atoms. The first-order valence-corrected chi connectivity index (χ1v) is 15.1. The summed E-state index contributed by atoms with van der Waals surface area (Å²) in [6, 6.07) is 8.80. The number of fused-ring (bicyclic) bond motifs is 2. The molecule has 1 unspecified atom stereocenters. The molecular formula is C31H31F4N3O5S. The molecule has 3 aliphatic rings. The van der Waals surface area contributed by atoms with Crippen molar-refractivity contribution in [2.75, 3.05) is 32.2 Å². The Morgan fingerprint density at radius 3 is 2.48 bits per heavy atom. The normalized spacial score (nSPS) is 21.3. The number of hydrogen-bond acceptors (Lipinski definition) is 9. The predicted octanol–water partition coefficient (Wildman–Crippen LogP) is 7.37. The number of para-hydroxylation sites is 1. The zero-order chi connectivity index (χ0) is 31.0. The van der Waals surface area contributed by atoms with Crippen LogP contribution in [0.4, 0.5) is 22.7 Å². The molecule has 1 saturated heterocycles. The topological polar surface area (TPSA) is 86.9 Å². The first-order valence-electron chi connectivity index (χ1n) is 14.3. The molecule has 2 aliphatic carbocycles. The summed E-state index contributed by atoms with van der Waals surface area (Å²) in [5.41, 5.74) is 1.78. The number of nitrogens with zero attached hydrogens (tertiary/aromatic N) is 3. The average molecular weight is 634 g/mol. The third-order valence-corrected chi connectivity index (χ3v) is 9.23. The van der Waals surface area contributed by atoms with Crippen molar-refractivity contribution < 1.29 is 41.1 Å². The highest BCUT2D eigenvalue weighted by molar-refractivity contribution is 7.22. The highest BCUT2D eigenvalue weighted by Crippen LogP contribution is 2.47. The molecule has 4 aromatic rings. The summed E-state index contributed by atoms with van der Waals surface area (Å²) in [6.45, 7) is 1.75. The number of ether oxygens (including phenoxy) is 3. The Kier molecular flexibility index (Phi) is 8.62. The Balaban J connectivity index is 0.00000110. The van der Waals surface area contributed by atoms with E-state index in [4.69, 9.17) is 9.26 Å². The van der Waals surface area contributed by atoms with Crippen molar-refractivity contribution in [2.45, 2.75) is 50.7 Å². The van der Waals surface area contributed by atoms with Crippen LogP contribution in [0.15, 0.2) is 40.9 Å². The first kappa shape index (κ1) is 30.5. The van der Waals surface area contributed by atoms with Gasteiger partial charge in [-0.05, 0) is 61.8 Å². The molecule has 3 atom stereocenters. The number of alkyl halides is 3. The Hall–Kier alpha value is -3.55. The van der Waals surface area contributed by atoms with Gasteiger partial charge in [0, 0.05) is 49.9 Å². The van der Waals surface area contributed by atoms with Gasteiger partial charge in [-0.3, -0.25) is 4.79 Å². The minimum absolute atomic E-state index is 0.00779. The van der Waals surface area contributed by atoms with E-state index in [1.165, 1.54) is 29.5 Å². The first-order chi connectivity index (χ1) is 21.2. The lowest BCUT2D eigenvalue weighted by Gasteiger charge is -2.19. The monoisotopic (exact) mass is 633 g/mol. The zero-order valence-electron chi connectivity index (χ0n) is 24.1. The molecule has 2 aromatic heterocycles. The van der Waals surface area contributed by atoms with E-state index in [1.54, 1.807) is 32.4 Å². The summed E-state index contributed by atoms with van der Waals surface area (Å²) in [7, 11) is 3.25. The van der Waals surface area contributed by atoms with E-state index >= 15 is 0 Å². The number of benzene rings is 2. The van der Waals surface area contributed by atoms with Gasteiger partial charge in [0.05, 0.1) is 17.4 Å². The van der Waals surface area contributed by atoms with Crippen LogP contribution in [-0.2, 0) is 16.1 Å². The Bertz CT molecular complexity index is 1620. The average Bonchev–Trinajstić information content (AvgIpc) is 3.28. The molecule has 3 fully saturated rings. The van der Waals surface area contributed by atoms with Crippen molar-refractivity contribution in [3.8, 4) is 17.0 Å². The van der Waals surface area contributed by atoms with E-state index in [2.05, 4.69) is 24.5 Å². The molecule has 0 radical (unpaired) electrons. The number of aromatic nitrogens is 2. The van der Waals surface area contributed by atoms with Crippen LogP contribution in [0.2, 0.25) is 0 Å². The molecule has 234 valence electrons. The zero-order valence-corrected chi connectivity index (χ0v) is 24.9. The van der Waals surface area contributed by atoms with Crippen molar-refractivity contribution in [1.82, 2.24) is 10.1 Å². The van der Waals surface area contributed by atoms with Gasteiger partial charge in [0.15, 0.2) is 10.9 Å². The molecule has 13 heteroatoms. The summed E-state index contributed by atoms with van der Waals surface area (Å²) in [6.07, 6.45) is -0.648. The van der Waals surface area contributed by atoms with Crippen LogP contribution in [0.1, 0.15) is 53.3 Å². The van der Waals surface area contributed by atoms with Crippen LogP contribution in [-0.4, -0.2) is 56.2 Å². The Labute approximate surface area is 254 Å². The minimum Gasteiger partial charge on any atom is -0.405 e. The predicted molar refractivity (Wildman–Crippen MR) is 155 cm³/mol. The lowest BCUT2D eigenvalue weighted by molar-refractivity contribution is -0.274. The Morgan fingerprint density at radius 2 is 1.82 bits per heavy atom. The maximum Gasteiger partial charge on any atom is 0.573 e. The molecule has 2 aromatic carbocycles. The van der Waals surface area contributed by atoms with E-state index in [9.17, 15) is 22.4 Å². The number of carbonyl (C=O) groups excluding carboxylic acids is 1. The summed E-state index contributed by atoms with van der Waals surface area (Å²) in [5, 5.41) is 4.91. The summed E-state index contributed by atoms with van der Waals surface area (Å²) >= 11 is 1.39. The van der Waals surface area contributed by atoms with Gasteiger partial charge in [0.1, 0.15) is 29.0 Å². The van der Waals surface area contributed by atoms with E-state index in [-0.39, 0.29) is 35.5 Å². The molecule has 3 heterocycles. The second-order valence-electron chi connectivity index (χ2n) is 11.4. The third kappa shape index (κ3) is 6.45. The fourth-order valence-electron chi connectivity index (χ4n) is 6.15. The number of anilines is 1. The van der Waals surface area contributed by atoms with E-state index in [1.807, 2.05) is 0 Å². The van der Waals surface area contributed by atoms with Gasteiger partial charge < -0.3 is 23.6 Å². The molecule has 0 amide bonds. The second-order valence-corrected chi connectivity index (χ2v) is 12.4. The van der Waals surface area contributed by atoms with E-state index in [0.29, 0.717) is 45.4 Å². The Morgan fingerprint density at radius 1 is 1.11 bits per heavy atom. The van der Waals surface area contributed by atoms with Crippen molar-refractivity contribution in [3.05, 3.63) is 59.1 Å². The van der Waals surface area contributed by atoms with Gasteiger partial charge in [-0.15, -0.1) is 13.2 Å². The fraction of sp³-hybridized carbons (Fsp3) is 0.452. The van der Waals surface area contributed by atoms with Gasteiger partial charge in [0.2, 0.25) is 0 Å².